The molecule has 0 amide bonds. The van der Waals surface area contributed by atoms with Crippen molar-refractivity contribution in [3.05, 3.63) is 47.5 Å². The van der Waals surface area contributed by atoms with Gasteiger partial charge in [0.1, 0.15) is 5.69 Å². The smallest absolute Gasteiger partial charge is 0.337 e. The molecule has 29 heavy (non-hydrogen) atoms. The van der Waals surface area contributed by atoms with E-state index in [4.69, 9.17) is 20.1 Å². The standard InChI is InChI=1S/C22H25N5O2/c1-13(2)27(4)21-20(14-6-8-17(24-3)16(10-14)12-23)25-18-9-7-15(22(28)29-5)11-19(18)26-21/h6-13,23-24H,1-5H3. The third-order valence-electron chi connectivity index (χ3n) is 4.93. The first-order valence-corrected chi connectivity index (χ1v) is 9.35. The van der Waals surface area contributed by atoms with E-state index in [2.05, 4.69) is 19.2 Å². The van der Waals surface area contributed by atoms with Crippen molar-refractivity contribution in [1.29, 1.82) is 5.41 Å². The van der Waals surface area contributed by atoms with Crippen molar-refractivity contribution in [2.24, 2.45) is 0 Å². The molecule has 2 N–H and O–H groups in total. The molecule has 7 heteroatoms. The van der Waals surface area contributed by atoms with Gasteiger partial charge in [0.05, 0.1) is 23.7 Å². The maximum atomic E-state index is 11.9. The molecule has 3 rings (SSSR count). The number of hydrogen-bond acceptors (Lipinski definition) is 7. The fourth-order valence-corrected chi connectivity index (χ4v) is 3.03. The Bertz CT molecular complexity index is 1080. The first-order valence-electron chi connectivity index (χ1n) is 9.35. The number of carbonyl (C=O) groups excluding carboxylic acids is 1. The largest absolute Gasteiger partial charge is 0.465 e. The molecule has 150 valence electrons. The van der Waals surface area contributed by atoms with Crippen molar-refractivity contribution in [3.63, 3.8) is 0 Å². The minimum atomic E-state index is -0.408. The van der Waals surface area contributed by atoms with Crippen LogP contribution in [0.15, 0.2) is 36.4 Å². The van der Waals surface area contributed by atoms with Gasteiger partial charge in [0, 0.05) is 43.2 Å². The van der Waals surface area contributed by atoms with E-state index in [-0.39, 0.29) is 6.04 Å². The Morgan fingerprint density at radius 3 is 2.55 bits per heavy atom. The molecule has 0 spiro atoms. The first kappa shape index (κ1) is 20.3. The SMILES string of the molecule is CNc1ccc(-c2nc3ccc(C(=O)OC)cc3nc2N(C)C(C)C)cc1C=N. The van der Waals surface area contributed by atoms with E-state index in [9.17, 15) is 4.79 Å². The van der Waals surface area contributed by atoms with Crippen LogP contribution in [-0.2, 0) is 4.74 Å². The second-order valence-electron chi connectivity index (χ2n) is 6.99. The van der Waals surface area contributed by atoms with Gasteiger partial charge in [-0.15, -0.1) is 0 Å². The topological polar surface area (TPSA) is 91.2 Å². The van der Waals surface area contributed by atoms with E-state index in [0.717, 1.165) is 22.5 Å². The van der Waals surface area contributed by atoms with Crippen LogP contribution in [-0.4, -0.2) is 49.4 Å². The second kappa shape index (κ2) is 8.26. The summed E-state index contributed by atoms with van der Waals surface area (Å²) in [5.74, 6) is 0.303. The molecule has 1 heterocycles. The Morgan fingerprint density at radius 2 is 1.93 bits per heavy atom. The summed E-state index contributed by atoms with van der Waals surface area (Å²) in [6.07, 6.45) is 1.32. The molecule has 0 aliphatic heterocycles. The van der Waals surface area contributed by atoms with Gasteiger partial charge in [0.25, 0.3) is 0 Å². The highest BCUT2D eigenvalue weighted by atomic mass is 16.5. The zero-order chi connectivity index (χ0) is 21.1. The molecule has 3 aromatic rings. The highest BCUT2D eigenvalue weighted by molar-refractivity contribution is 5.95. The molecule has 0 aliphatic carbocycles. The Kier molecular flexibility index (Phi) is 5.77. The molecule has 0 radical (unpaired) electrons. The monoisotopic (exact) mass is 391 g/mol. The molecule has 0 saturated carbocycles. The van der Waals surface area contributed by atoms with Crippen LogP contribution >= 0.6 is 0 Å². The van der Waals surface area contributed by atoms with Crippen LogP contribution in [0.2, 0.25) is 0 Å². The number of nitrogens with one attached hydrogen (secondary N) is 2. The third kappa shape index (κ3) is 3.89. The predicted molar refractivity (Wildman–Crippen MR) is 117 cm³/mol. The lowest BCUT2D eigenvalue weighted by molar-refractivity contribution is 0.0601. The molecular weight excluding hydrogens is 366 g/mol. The zero-order valence-corrected chi connectivity index (χ0v) is 17.3. The van der Waals surface area contributed by atoms with Gasteiger partial charge in [0.2, 0.25) is 0 Å². The van der Waals surface area contributed by atoms with Crippen LogP contribution in [0.3, 0.4) is 0 Å². The first-order chi connectivity index (χ1) is 13.9. The number of benzene rings is 2. The van der Waals surface area contributed by atoms with E-state index in [0.29, 0.717) is 22.4 Å². The van der Waals surface area contributed by atoms with Crippen LogP contribution < -0.4 is 10.2 Å². The Labute approximate surface area is 170 Å². The van der Waals surface area contributed by atoms with Crippen molar-refractivity contribution in [3.8, 4) is 11.3 Å². The molecule has 0 atom stereocenters. The van der Waals surface area contributed by atoms with Gasteiger partial charge in [0.15, 0.2) is 5.82 Å². The summed E-state index contributed by atoms with van der Waals surface area (Å²) in [6, 6.07) is 11.2. The van der Waals surface area contributed by atoms with Crippen LogP contribution in [0.1, 0.15) is 29.8 Å². The number of carbonyl (C=O) groups is 1. The number of aromatic nitrogens is 2. The van der Waals surface area contributed by atoms with E-state index in [1.54, 1.807) is 18.2 Å². The van der Waals surface area contributed by atoms with E-state index >= 15 is 0 Å². The quantitative estimate of drug-likeness (QED) is 0.488. The molecule has 0 saturated heterocycles. The van der Waals surface area contributed by atoms with Crippen LogP contribution in [0.5, 0.6) is 0 Å². The summed E-state index contributed by atoms with van der Waals surface area (Å²) in [4.78, 5) is 23.6. The molecule has 0 unspecified atom stereocenters. The van der Waals surface area contributed by atoms with Gasteiger partial charge in [-0.3, -0.25) is 0 Å². The number of nitrogens with zero attached hydrogens (tertiary/aromatic N) is 3. The number of anilines is 2. The van der Waals surface area contributed by atoms with Gasteiger partial charge in [-0.2, -0.15) is 0 Å². The maximum absolute atomic E-state index is 11.9. The lowest BCUT2D eigenvalue weighted by atomic mass is 10.0. The van der Waals surface area contributed by atoms with Crippen LogP contribution in [0.25, 0.3) is 22.3 Å². The van der Waals surface area contributed by atoms with Gasteiger partial charge < -0.3 is 20.4 Å². The van der Waals surface area contributed by atoms with Crippen LogP contribution in [0.4, 0.5) is 11.5 Å². The molecule has 2 aromatic carbocycles. The molecule has 1 aromatic heterocycles. The minimum absolute atomic E-state index is 0.197. The number of fused-ring (bicyclic) bond motifs is 1. The molecular formula is C22H25N5O2. The Balaban J connectivity index is 2.25. The molecule has 7 nitrogen and oxygen atoms in total. The third-order valence-corrected chi connectivity index (χ3v) is 4.93. The van der Waals surface area contributed by atoms with Crippen molar-refractivity contribution in [2.45, 2.75) is 19.9 Å². The predicted octanol–water partition coefficient (Wildman–Crippen LogP) is 3.97. The fourth-order valence-electron chi connectivity index (χ4n) is 3.03. The molecule has 0 bridgehead atoms. The average molecular weight is 391 g/mol. The summed E-state index contributed by atoms with van der Waals surface area (Å²) in [5, 5.41) is 10.8. The summed E-state index contributed by atoms with van der Waals surface area (Å²) in [7, 11) is 5.15. The van der Waals surface area contributed by atoms with Gasteiger partial charge in [-0.05, 0) is 44.2 Å². The van der Waals surface area contributed by atoms with Crippen LogP contribution in [0, 0.1) is 5.41 Å². The van der Waals surface area contributed by atoms with E-state index in [1.165, 1.54) is 13.3 Å². The highest BCUT2D eigenvalue weighted by Gasteiger charge is 2.18. The van der Waals surface area contributed by atoms with Crippen molar-refractivity contribution >= 4 is 34.7 Å². The number of hydrogen-bond donors (Lipinski definition) is 2. The Morgan fingerprint density at radius 1 is 1.17 bits per heavy atom. The Hall–Kier alpha value is -3.48. The van der Waals surface area contributed by atoms with Crippen molar-refractivity contribution in [1.82, 2.24) is 9.97 Å². The number of ether oxygens (including phenoxy) is 1. The summed E-state index contributed by atoms with van der Waals surface area (Å²) < 4.78 is 4.82. The number of esters is 1. The van der Waals surface area contributed by atoms with E-state index in [1.807, 2.05) is 37.2 Å². The molecule has 0 fully saturated rings. The highest BCUT2D eigenvalue weighted by Crippen LogP contribution is 2.32. The zero-order valence-electron chi connectivity index (χ0n) is 17.3. The summed E-state index contributed by atoms with van der Waals surface area (Å²) >= 11 is 0. The van der Waals surface area contributed by atoms with Gasteiger partial charge in [-0.1, -0.05) is 6.07 Å². The van der Waals surface area contributed by atoms with Gasteiger partial charge in [-0.25, -0.2) is 14.8 Å². The number of rotatable bonds is 6. The lowest BCUT2D eigenvalue weighted by Crippen LogP contribution is -2.27. The van der Waals surface area contributed by atoms with Crippen molar-refractivity contribution < 1.29 is 9.53 Å². The van der Waals surface area contributed by atoms with Crippen molar-refractivity contribution in [2.75, 3.05) is 31.4 Å². The van der Waals surface area contributed by atoms with Gasteiger partial charge >= 0.3 is 5.97 Å². The van der Waals surface area contributed by atoms with E-state index < -0.39 is 5.97 Å². The molecule has 0 aliphatic rings. The second-order valence-corrected chi connectivity index (χ2v) is 6.99. The average Bonchev–Trinajstić information content (AvgIpc) is 2.75. The lowest BCUT2D eigenvalue weighted by Gasteiger charge is -2.25. The fraction of sp³-hybridized carbons (Fsp3) is 0.273. The maximum Gasteiger partial charge on any atom is 0.337 e. The summed E-state index contributed by atoms with van der Waals surface area (Å²) in [6.45, 7) is 4.15. The normalized spacial score (nSPS) is 10.8. The minimum Gasteiger partial charge on any atom is -0.465 e. The summed E-state index contributed by atoms with van der Waals surface area (Å²) in [5.41, 5.74) is 4.98. The number of methoxy groups -OCH3 is 1.